The Labute approximate surface area is 226 Å². The molecule has 0 aromatic carbocycles. The molecule has 1 aliphatic rings. The third kappa shape index (κ3) is 5.74. The molecule has 4 rings (SSSR count). The van der Waals surface area contributed by atoms with Gasteiger partial charge in [0.15, 0.2) is 0 Å². The van der Waals surface area contributed by atoms with Gasteiger partial charge in [0, 0.05) is 45.1 Å². The largest absolute Gasteiger partial charge is 0.477 e. The number of rotatable bonds is 10. The highest BCUT2D eigenvalue weighted by atomic mass is 32.2. The molecule has 3 N–H and O–H groups in total. The molecule has 0 atom stereocenters. The summed E-state index contributed by atoms with van der Waals surface area (Å²) in [4.78, 5) is 40.4. The number of piperazine rings is 1. The number of sulfonamides is 1. The van der Waals surface area contributed by atoms with Crippen LogP contribution in [0, 0.1) is 0 Å². The van der Waals surface area contributed by atoms with Gasteiger partial charge in [-0.15, -0.1) is 0 Å². The molecule has 4 heterocycles. The van der Waals surface area contributed by atoms with Gasteiger partial charge in [0.05, 0.1) is 19.0 Å². The van der Waals surface area contributed by atoms with Crippen molar-refractivity contribution < 1.29 is 22.7 Å². The average Bonchev–Trinajstić information content (AvgIpc) is 3.32. The van der Waals surface area contributed by atoms with Crippen LogP contribution in [0.5, 0.6) is 5.88 Å². The average molecular weight is 558 g/mol. The van der Waals surface area contributed by atoms with E-state index in [0.717, 1.165) is 6.54 Å². The van der Waals surface area contributed by atoms with Gasteiger partial charge >= 0.3 is 0 Å². The summed E-state index contributed by atoms with van der Waals surface area (Å²) in [7, 11) is -3.92. The van der Waals surface area contributed by atoms with Gasteiger partial charge in [-0.25, -0.2) is 18.1 Å². The molecule has 0 bridgehead atoms. The summed E-state index contributed by atoms with van der Waals surface area (Å²) in [6.45, 7) is 8.69. The number of primary amides is 1. The van der Waals surface area contributed by atoms with Crippen LogP contribution in [0.2, 0.25) is 0 Å². The molecule has 14 nitrogen and oxygen atoms in total. The van der Waals surface area contributed by atoms with E-state index < -0.39 is 21.8 Å². The molecule has 3 aromatic heterocycles. The molecular weight excluding hydrogens is 526 g/mol. The van der Waals surface area contributed by atoms with E-state index in [1.807, 2.05) is 6.92 Å². The number of aryl methyl sites for hydroxylation is 1. The van der Waals surface area contributed by atoms with E-state index in [9.17, 15) is 18.0 Å². The molecule has 208 valence electrons. The molecule has 15 heteroatoms. The van der Waals surface area contributed by atoms with Gasteiger partial charge in [0.1, 0.15) is 33.2 Å². The van der Waals surface area contributed by atoms with E-state index >= 15 is 0 Å². The van der Waals surface area contributed by atoms with Crippen LogP contribution < -0.4 is 15.8 Å². The maximum absolute atomic E-state index is 13.6. The van der Waals surface area contributed by atoms with Crippen LogP contribution in [0.4, 0.5) is 5.82 Å². The Balaban J connectivity index is 1.72. The lowest BCUT2D eigenvalue weighted by Crippen LogP contribution is -2.48. The molecule has 0 saturated carbocycles. The molecule has 2 amide bonds. The van der Waals surface area contributed by atoms with Crippen LogP contribution in [0.15, 0.2) is 35.7 Å². The minimum absolute atomic E-state index is 0.0297. The zero-order valence-electron chi connectivity index (χ0n) is 22.0. The van der Waals surface area contributed by atoms with Gasteiger partial charge in [-0.05, 0) is 26.5 Å². The number of hydrogen-bond donors (Lipinski definition) is 2. The number of nitrogens with one attached hydrogen (secondary N) is 1. The van der Waals surface area contributed by atoms with Gasteiger partial charge in [-0.1, -0.05) is 6.92 Å². The molecular formula is C24H31N9O5S. The highest BCUT2D eigenvalue weighted by molar-refractivity contribution is 7.89. The topological polar surface area (TPSA) is 179 Å². The molecule has 39 heavy (non-hydrogen) atoms. The van der Waals surface area contributed by atoms with E-state index in [-0.39, 0.29) is 46.6 Å². The molecule has 1 fully saturated rings. The van der Waals surface area contributed by atoms with Crippen LogP contribution in [0.1, 0.15) is 41.5 Å². The van der Waals surface area contributed by atoms with Gasteiger partial charge in [-0.2, -0.15) is 9.40 Å². The number of anilines is 1. The minimum Gasteiger partial charge on any atom is -0.477 e. The van der Waals surface area contributed by atoms with Crippen molar-refractivity contribution in [2.45, 2.75) is 32.2 Å². The predicted octanol–water partition coefficient (Wildman–Crippen LogP) is 0.831. The summed E-state index contributed by atoms with van der Waals surface area (Å²) in [6.07, 6.45) is 5.52. The summed E-state index contributed by atoms with van der Waals surface area (Å²) in [5, 5.41) is 7.07. The first-order valence-corrected chi connectivity index (χ1v) is 14.0. The fraction of sp³-hybridized carbons (Fsp3) is 0.417. The van der Waals surface area contributed by atoms with Crippen molar-refractivity contribution in [2.24, 2.45) is 5.73 Å². The Morgan fingerprint density at radius 2 is 1.79 bits per heavy atom. The third-order valence-electron chi connectivity index (χ3n) is 6.30. The second-order valence-corrected chi connectivity index (χ2v) is 10.5. The highest BCUT2D eigenvalue weighted by Gasteiger charge is 2.31. The summed E-state index contributed by atoms with van der Waals surface area (Å²) in [6, 6.07) is 1.23. The SMILES string of the molecule is CCOc1ncc(S(=O)(=O)N2CCN(CC)CC2)cc1C(=O)Nc1c(C(N)=O)c(-c2cnccn2)nn1CC. The van der Waals surface area contributed by atoms with Gasteiger partial charge in [0.25, 0.3) is 11.8 Å². The molecule has 0 spiro atoms. The van der Waals surface area contributed by atoms with Crippen LogP contribution in [-0.4, -0.2) is 93.5 Å². The predicted molar refractivity (Wildman–Crippen MR) is 142 cm³/mol. The lowest BCUT2D eigenvalue weighted by Gasteiger charge is -2.33. The van der Waals surface area contributed by atoms with Crippen molar-refractivity contribution in [3.05, 3.63) is 42.0 Å². The molecule has 0 aliphatic carbocycles. The Morgan fingerprint density at radius 1 is 1.05 bits per heavy atom. The molecule has 3 aromatic rings. The van der Waals surface area contributed by atoms with Crippen LogP contribution in [0.3, 0.4) is 0 Å². The minimum atomic E-state index is -3.92. The van der Waals surface area contributed by atoms with Gasteiger partial charge < -0.3 is 20.7 Å². The van der Waals surface area contributed by atoms with E-state index in [1.54, 1.807) is 13.8 Å². The number of carbonyl (C=O) groups is 2. The summed E-state index contributed by atoms with van der Waals surface area (Å²) in [5.74, 6) is -1.61. The zero-order chi connectivity index (χ0) is 28.2. The van der Waals surface area contributed by atoms with Crippen molar-refractivity contribution in [3.8, 4) is 17.3 Å². The standard InChI is InChI=1S/C24H31N9O5S/c1-4-31-9-11-32(12-10-31)39(36,37)16-13-17(24(28-14-16)38-6-3)23(35)29-22-19(21(25)34)20(30-33(22)5-2)18-15-26-7-8-27-18/h7-8,13-15H,4-6,9-12H2,1-3H3,(H2,25,34)(H,29,35). The second-order valence-electron chi connectivity index (χ2n) is 8.59. The van der Waals surface area contributed by atoms with Crippen LogP contribution in [-0.2, 0) is 16.6 Å². The summed E-state index contributed by atoms with van der Waals surface area (Å²) in [5.41, 5.74) is 5.94. The molecule has 1 aliphatic heterocycles. The van der Waals surface area contributed by atoms with Gasteiger partial charge in [0.2, 0.25) is 15.9 Å². The number of nitrogens with zero attached hydrogens (tertiary/aromatic N) is 7. The smallest absolute Gasteiger partial charge is 0.262 e. The van der Waals surface area contributed by atoms with Crippen LogP contribution >= 0.6 is 0 Å². The summed E-state index contributed by atoms with van der Waals surface area (Å²) >= 11 is 0. The number of pyridine rings is 1. The normalized spacial score (nSPS) is 14.7. The van der Waals surface area contributed by atoms with Gasteiger partial charge in [-0.3, -0.25) is 19.6 Å². The fourth-order valence-electron chi connectivity index (χ4n) is 4.25. The Morgan fingerprint density at radius 3 is 2.38 bits per heavy atom. The first kappa shape index (κ1) is 28.1. The highest BCUT2D eigenvalue weighted by Crippen LogP contribution is 2.29. The van der Waals surface area contributed by atoms with E-state index in [0.29, 0.717) is 31.9 Å². The quantitative estimate of drug-likeness (QED) is 0.363. The monoisotopic (exact) mass is 557 g/mol. The van der Waals surface area contributed by atoms with Crippen molar-refractivity contribution in [3.63, 3.8) is 0 Å². The van der Waals surface area contributed by atoms with Crippen molar-refractivity contribution in [2.75, 3.05) is 44.6 Å². The number of ether oxygens (including phenoxy) is 1. The lowest BCUT2D eigenvalue weighted by atomic mass is 10.1. The second kappa shape index (κ2) is 11.8. The number of carbonyl (C=O) groups excluding carboxylic acids is 2. The maximum atomic E-state index is 13.6. The Hall–Kier alpha value is -3.95. The molecule has 1 saturated heterocycles. The number of likely N-dealkylation sites (N-methyl/N-ethyl adjacent to an activating group) is 1. The number of nitrogens with two attached hydrogens (primary N) is 1. The van der Waals surface area contributed by atoms with Crippen LogP contribution in [0.25, 0.3) is 11.4 Å². The number of aromatic nitrogens is 5. The van der Waals surface area contributed by atoms with Crippen molar-refractivity contribution >= 4 is 27.7 Å². The molecule has 0 unspecified atom stereocenters. The fourth-order valence-corrected chi connectivity index (χ4v) is 5.65. The third-order valence-corrected chi connectivity index (χ3v) is 8.17. The van der Waals surface area contributed by atoms with E-state index in [1.165, 1.54) is 39.8 Å². The zero-order valence-corrected chi connectivity index (χ0v) is 22.8. The lowest BCUT2D eigenvalue weighted by molar-refractivity contribution is 0.100. The van der Waals surface area contributed by atoms with Crippen molar-refractivity contribution in [1.82, 2.24) is 33.9 Å². The first-order valence-electron chi connectivity index (χ1n) is 12.5. The maximum Gasteiger partial charge on any atom is 0.262 e. The van der Waals surface area contributed by atoms with Crippen molar-refractivity contribution in [1.29, 1.82) is 0 Å². The number of hydrogen-bond acceptors (Lipinski definition) is 10. The van der Waals surface area contributed by atoms with E-state index in [2.05, 4.69) is 30.3 Å². The van der Waals surface area contributed by atoms with E-state index in [4.69, 9.17) is 10.5 Å². The molecule has 0 radical (unpaired) electrons. The number of amides is 2. The Bertz CT molecular complexity index is 1450. The first-order chi connectivity index (χ1) is 18.7. The summed E-state index contributed by atoms with van der Waals surface area (Å²) < 4.78 is 35.1. The Kier molecular flexibility index (Phi) is 8.52.